The molecule has 2 rings (SSSR count). The first-order valence-electron chi connectivity index (χ1n) is 6.44. The van der Waals surface area contributed by atoms with Crippen LogP contribution in [0.3, 0.4) is 0 Å². The Balaban J connectivity index is 1.83. The number of rotatable bonds is 6. The van der Waals surface area contributed by atoms with E-state index >= 15 is 0 Å². The van der Waals surface area contributed by atoms with Crippen molar-refractivity contribution in [1.82, 2.24) is 9.99 Å². The van der Waals surface area contributed by atoms with Crippen LogP contribution in [0.4, 0.5) is 0 Å². The van der Waals surface area contributed by atoms with E-state index in [1.807, 2.05) is 18.2 Å². The molecule has 1 heterocycles. The van der Waals surface area contributed by atoms with Gasteiger partial charge in [0.2, 0.25) is 5.91 Å². The second kappa shape index (κ2) is 6.59. The number of aryl methyl sites for hydroxylation is 1. The Morgan fingerprint density at radius 3 is 2.89 bits per heavy atom. The maximum Gasteiger partial charge on any atom is 0.233 e. The minimum atomic E-state index is -0.0962. The first-order chi connectivity index (χ1) is 9.20. The van der Waals surface area contributed by atoms with Gasteiger partial charge in [0.05, 0.1) is 0 Å². The number of hydrogen-bond acceptors (Lipinski definition) is 2. The van der Waals surface area contributed by atoms with Gasteiger partial charge in [-0.15, -0.1) is 0 Å². The van der Waals surface area contributed by atoms with Gasteiger partial charge in [-0.25, -0.2) is 5.84 Å². The molecule has 0 aliphatic rings. The summed E-state index contributed by atoms with van der Waals surface area (Å²) in [6, 6.07) is 7.99. The van der Waals surface area contributed by atoms with Gasteiger partial charge in [0.15, 0.2) is 0 Å². The standard InChI is InChI=1S/C14H18ClN3O/c15-12-5-6-13-11(10-12)7-9-18(13)8-3-1-2-4-14(19)17-16/h5-7,9-10H,1-4,8,16H2,(H,17,19). The summed E-state index contributed by atoms with van der Waals surface area (Å²) in [5.74, 6) is 4.93. The Morgan fingerprint density at radius 2 is 2.11 bits per heavy atom. The maximum atomic E-state index is 11.0. The van der Waals surface area contributed by atoms with Crippen LogP contribution in [0.5, 0.6) is 0 Å². The molecule has 0 aliphatic carbocycles. The number of benzene rings is 1. The zero-order valence-corrected chi connectivity index (χ0v) is 11.5. The Morgan fingerprint density at radius 1 is 1.26 bits per heavy atom. The Labute approximate surface area is 117 Å². The molecule has 0 fully saturated rings. The van der Waals surface area contributed by atoms with E-state index in [9.17, 15) is 4.79 Å². The molecule has 0 aliphatic heterocycles. The van der Waals surface area contributed by atoms with Crippen LogP contribution in [0.2, 0.25) is 5.02 Å². The van der Waals surface area contributed by atoms with E-state index in [-0.39, 0.29) is 5.91 Å². The number of nitrogens with one attached hydrogen (secondary N) is 1. The van der Waals surface area contributed by atoms with Crippen LogP contribution >= 0.6 is 11.6 Å². The van der Waals surface area contributed by atoms with Crippen LogP contribution < -0.4 is 11.3 Å². The van der Waals surface area contributed by atoms with Crippen LogP contribution in [0, 0.1) is 0 Å². The minimum Gasteiger partial charge on any atom is -0.347 e. The van der Waals surface area contributed by atoms with Gasteiger partial charge in [-0.2, -0.15) is 0 Å². The molecule has 0 spiro atoms. The minimum absolute atomic E-state index is 0.0962. The number of nitrogens with zero attached hydrogens (tertiary/aromatic N) is 1. The van der Waals surface area contributed by atoms with E-state index in [1.165, 1.54) is 5.52 Å². The normalized spacial score (nSPS) is 10.8. The molecule has 1 amide bonds. The van der Waals surface area contributed by atoms with Crippen LogP contribution in [0.1, 0.15) is 25.7 Å². The number of nitrogens with two attached hydrogens (primary N) is 1. The van der Waals surface area contributed by atoms with Crippen molar-refractivity contribution in [3.63, 3.8) is 0 Å². The van der Waals surface area contributed by atoms with E-state index in [2.05, 4.69) is 22.3 Å². The van der Waals surface area contributed by atoms with Crippen molar-refractivity contribution in [3.05, 3.63) is 35.5 Å². The van der Waals surface area contributed by atoms with E-state index in [0.29, 0.717) is 6.42 Å². The second-order valence-corrected chi connectivity index (χ2v) is 5.03. The van der Waals surface area contributed by atoms with Gasteiger partial charge >= 0.3 is 0 Å². The third-order valence-corrected chi connectivity index (χ3v) is 3.43. The van der Waals surface area contributed by atoms with Crippen molar-refractivity contribution in [3.8, 4) is 0 Å². The number of halogens is 1. The molecule has 5 heteroatoms. The van der Waals surface area contributed by atoms with Crippen molar-refractivity contribution in [1.29, 1.82) is 0 Å². The van der Waals surface area contributed by atoms with Crippen LogP contribution in [-0.2, 0) is 11.3 Å². The molecule has 4 nitrogen and oxygen atoms in total. The summed E-state index contributed by atoms with van der Waals surface area (Å²) in [5, 5.41) is 1.92. The molecule has 1 aromatic carbocycles. The molecular weight excluding hydrogens is 262 g/mol. The average Bonchev–Trinajstić information content (AvgIpc) is 2.80. The largest absolute Gasteiger partial charge is 0.347 e. The molecule has 0 bridgehead atoms. The van der Waals surface area contributed by atoms with Crippen LogP contribution in [-0.4, -0.2) is 10.5 Å². The molecular formula is C14H18ClN3O. The number of aromatic nitrogens is 1. The zero-order chi connectivity index (χ0) is 13.7. The predicted molar refractivity (Wildman–Crippen MR) is 77.7 cm³/mol. The summed E-state index contributed by atoms with van der Waals surface area (Å²) in [7, 11) is 0. The molecule has 2 aromatic rings. The number of fused-ring (bicyclic) bond motifs is 1. The molecule has 0 radical (unpaired) electrons. The highest BCUT2D eigenvalue weighted by atomic mass is 35.5. The highest BCUT2D eigenvalue weighted by Gasteiger charge is 2.02. The fourth-order valence-electron chi connectivity index (χ4n) is 2.18. The van der Waals surface area contributed by atoms with Gasteiger partial charge in [-0.3, -0.25) is 10.2 Å². The lowest BCUT2D eigenvalue weighted by molar-refractivity contribution is -0.121. The summed E-state index contributed by atoms with van der Waals surface area (Å²) >= 11 is 5.96. The fourth-order valence-corrected chi connectivity index (χ4v) is 2.36. The number of carbonyl (C=O) groups excluding carboxylic acids is 1. The highest BCUT2D eigenvalue weighted by molar-refractivity contribution is 6.31. The van der Waals surface area contributed by atoms with Gasteiger partial charge in [-0.1, -0.05) is 18.0 Å². The first kappa shape index (κ1) is 13.9. The third-order valence-electron chi connectivity index (χ3n) is 3.20. The highest BCUT2D eigenvalue weighted by Crippen LogP contribution is 2.21. The monoisotopic (exact) mass is 279 g/mol. The quantitative estimate of drug-likeness (QED) is 0.370. The summed E-state index contributed by atoms with van der Waals surface area (Å²) in [5.41, 5.74) is 3.34. The molecule has 19 heavy (non-hydrogen) atoms. The van der Waals surface area contributed by atoms with E-state index < -0.39 is 0 Å². The van der Waals surface area contributed by atoms with E-state index in [0.717, 1.165) is 36.2 Å². The van der Waals surface area contributed by atoms with Crippen molar-refractivity contribution in [2.75, 3.05) is 0 Å². The molecule has 1 aromatic heterocycles. The molecule has 3 N–H and O–H groups in total. The van der Waals surface area contributed by atoms with Gasteiger partial charge in [0.1, 0.15) is 0 Å². The second-order valence-electron chi connectivity index (χ2n) is 4.59. The number of hydrazine groups is 1. The summed E-state index contributed by atoms with van der Waals surface area (Å²) < 4.78 is 2.22. The number of carbonyl (C=O) groups is 1. The molecule has 0 atom stereocenters. The number of hydrogen-bond donors (Lipinski definition) is 2. The third kappa shape index (κ3) is 3.72. The SMILES string of the molecule is NNC(=O)CCCCCn1ccc2cc(Cl)ccc21. The fraction of sp³-hybridized carbons (Fsp3) is 0.357. The lowest BCUT2D eigenvalue weighted by Crippen LogP contribution is -2.29. The zero-order valence-electron chi connectivity index (χ0n) is 10.7. The molecule has 0 saturated carbocycles. The van der Waals surface area contributed by atoms with E-state index in [4.69, 9.17) is 17.4 Å². The Hall–Kier alpha value is -1.52. The van der Waals surface area contributed by atoms with Crippen molar-refractivity contribution >= 4 is 28.4 Å². The van der Waals surface area contributed by atoms with Gasteiger partial charge in [0.25, 0.3) is 0 Å². The molecule has 0 saturated heterocycles. The van der Waals surface area contributed by atoms with Crippen molar-refractivity contribution in [2.24, 2.45) is 5.84 Å². The van der Waals surface area contributed by atoms with Crippen molar-refractivity contribution < 1.29 is 4.79 Å². The Kier molecular flexibility index (Phi) is 4.82. The average molecular weight is 280 g/mol. The van der Waals surface area contributed by atoms with E-state index in [1.54, 1.807) is 0 Å². The summed E-state index contributed by atoms with van der Waals surface area (Å²) in [6.07, 6.45) is 5.51. The maximum absolute atomic E-state index is 11.0. The summed E-state index contributed by atoms with van der Waals surface area (Å²) in [4.78, 5) is 11.0. The van der Waals surface area contributed by atoms with Crippen LogP contribution in [0.25, 0.3) is 10.9 Å². The molecule has 102 valence electrons. The summed E-state index contributed by atoms with van der Waals surface area (Å²) in [6.45, 7) is 0.954. The number of amides is 1. The molecule has 0 unspecified atom stereocenters. The lowest BCUT2D eigenvalue weighted by Gasteiger charge is -2.05. The predicted octanol–water partition coefficient (Wildman–Crippen LogP) is 2.85. The van der Waals surface area contributed by atoms with Gasteiger partial charge in [0, 0.05) is 35.1 Å². The lowest BCUT2D eigenvalue weighted by atomic mass is 10.2. The van der Waals surface area contributed by atoms with Gasteiger partial charge in [-0.05, 0) is 37.1 Å². The van der Waals surface area contributed by atoms with Gasteiger partial charge < -0.3 is 4.57 Å². The smallest absolute Gasteiger partial charge is 0.233 e. The van der Waals surface area contributed by atoms with Crippen molar-refractivity contribution in [2.45, 2.75) is 32.2 Å². The number of unbranched alkanes of at least 4 members (excludes halogenated alkanes) is 2. The topological polar surface area (TPSA) is 60.0 Å². The first-order valence-corrected chi connectivity index (χ1v) is 6.82. The Bertz CT molecular complexity index is 565. The van der Waals surface area contributed by atoms with Crippen LogP contribution in [0.15, 0.2) is 30.5 Å².